The van der Waals surface area contributed by atoms with Gasteiger partial charge in [0.15, 0.2) is 0 Å². The molecule has 2 aromatic rings. The molecule has 0 atom stereocenters. The number of carbonyl (C=O) groups excluding carboxylic acids is 2. The molecule has 2 amide bonds. The highest BCUT2D eigenvalue weighted by atomic mass is 16.6. The van der Waals surface area contributed by atoms with Gasteiger partial charge in [-0.05, 0) is 48.7 Å². The SMILES string of the molecule is Cc1cccc(N2C(=O)C(c3ccc([N+](=O)[O-])cc3)=C(N3CCOCC3)C2=O)c1C. The summed E-state index contributed by atoms with van der Waals surface area (Å²) < 4.78 is 5.40. The van der Waals surface area contributed by atoms with Crippen LogP contribution in [-0.2, 0) is 14.3 Å². The molecule has 1 saturated heterocycles. The lowest BCUT2D eigenvalue weighted by atomic mass is 10.0. The number of non-ortho nitro benzene ring substituents is 1. The van der Waals surface area contributed by atoms with E-state index in [1.165, 1.54) is 29.2 Å². The molecule has 0 aromatic heterocycles. The lowest BCUT2D eigenvalue weighted by Gasteiger charge is -2.29. The summed E-state index contributed by atoms with van der Waals surface area (Å²) in [6.07, 6.45) is 0. The van der Waals surface area contributed by atoms with Gasteiger partial charge >= 0.3 is 0 Å². The van der Waals surface area contributed by atoms with Gasteiger partial charge in [0, 0.05) is 25.2 Å². The molecule has 2 aliphatic rings. The van der Waals surface area contributed by atoms with Crippen molar-refractivity contribution in [2.75, 3.05) is 31.2 Å². The molecule has 0 unspecified atom stereocenters. The van der Waals surface area contributed by atoms with Crippen molar-refractivity contribution in [2.45, 2.75) is 13.8 Å². The number of benzene rings is 2. The van der Waals surface area contributed by atoms with Crippen molar-refractivity contribution in [1.29, 1.82) is 0 Å². The van der Waals surface area contributed by atoms with Gasteiger partial charge in [-0.15, -0.1) is 0 Å². The molecule has 8 nitrogen and oxygen atoms in total. The number of morpholine rings is 1. The Balaban J connectivity index is 1.84. The van der Waals surface area contributed by atoms with Gasteiger partial charge in [-0.25, -0.2) is 4.90 Å². The lowest BCUT2D eigenvalue weighted by Crippen LogP contribution is -2.40. The second-order valence-corrected chi connectivity index (χ2v) is 7.29. The summed E-state index contributed by atoms with van der Waals surface area (Å²) in [5.41, 5.74) is 3.36. The predicted octanol–water partition coefficient (Wildman–Crippen LogP) is 2.83. The molecule has 1 fully saturated rings. The number of rotatable bonds is 4. The summed E-state index contributed by atoms with van der Waals surface area (Å²) in [6.45, 7) is 5.71. The van der Waals surface area contributed by atoms with E-state index in [2.05, 4.69) is 0 Å². The largest absolute Gasteiger partial charge is 0.378 e. The number of anilines is 1. The van der Waals surface area contributed by atoms with E-state index in [0.29, 0.717) is 43.3 Å². The van der Waals surface area contributed by atoms with Gasteiger partial charge in [0.25, 0.3) is 17.5 Å². The van der Waals surface area contributed by atoms with E-state index in [4.69, 9.17) is 4.74 Å². The number of amides is 2. The third kappa shape index (κ3) is 3.25. The van der Waals surface area contributed by atoms with E-state index in [-0.39, 0.29) is 17.2 Å². The Bertz CT molecular complexity index is 1070. The molecule has 2 aromatic carbocycles. The van der Waals surface area contributed by atoms with Crippen LogP contribution >= 0.6 is 0 Å². The zero-order valence-corrected chi connectivity index (χ0v) is 16.8. The first kappa shape index (κ1) is 19.8. The Kier molecular flexibility index (Phi) is 5.09. The van der Waals surface area contributed by atoms with Crippen molar-refractivity contribution in [3.8, 4) is 0 Å². The van der Waals surface area contributed by atoms with E-state index in [1.54, 1.807) is 6.07 Å². The minimum absolute atomic E-state index is 0.0737. The molecule has 2 aliphatic heterocycles. The van der Waals surface area contributed by atoms with Crippen LogP contribution in [0.25, 0.3) is 5.57 Å². The Morgan fingerprint density at radius 1 is 0.967 bits per heavy atom. The van der Waals surface area contributed by atoms with Crippen molar-refractivity contribution < 1.29 is 19.2 Å². The highest BCUT2D eigenvalue weighted by Crippen LogP contribution is 2.37. The minimum Gasteiger partial charge on any atom is -0.378 e. The molecule has 0 aliphatic carbocycles. The zero-order chi connectivity index (χ0) is 21.4. The van der Waals surface area contributed by atoms with Gasteiger partial charge < -0.3 is 9.64 Å². The Labute approximate surface area is 173 Å². The van der Waals surface area contributed by atoms with Gasteiger partial charge in [0.1, 0.15) is 5.70 Å². The van der Waals surface area contributed by atoms with E-state index in [1.807, 2.05) is 30.9 Å². The molecule has 0 radical (unpaired) electrons. The van der Waals surface area contributed by atoms with Crippen LogP contribution in [0.1, 0.15) is 16.7 Å². The van der Waals surface area contributed by atoms with Gasteiger partial charge in [-0.1, -0.05) is 12.1 Å². The molecule has 154 valence electrons. The Morgan fingerprint density at radius 2 is 1.63 bits per heavy atom. The van der Waals surface area contributed by atoms with Crippen LogP contribution in [0.5, 0.6) is 0 Å². The van der Waals surface area contributed by atoms with Crippen LogP contribution in [0.15, 0.2) is 48.2 Å². The maximum absolute atomic E-state index is 13.5. The van der Waals surface area contributed by atoms with Crippen molar-refractivity contribution in [3.63, 3.8) is 0 Å². The topological polar surface area (TPSA) is 93.0 Å². The number of carbonyl (C=O) groups is 2. The molecule has 4 rings (SSSR count). The van der Waals surface area contributed by atoms with Crippen molar-refractivity contribution in [1.82, 2.24) is 4.90 Å². The molecular weight excluding hydrogens is 386 g/mol. The van der Waals surface area contributed by atoms with E-state index in [9.17, 15) is 19.7 Å². The summed E-state index contributed by atoms with van der Waals surface area (Å²) in [5.74, 6) is -0.812. The number of hydrogen-bond acceptors (Lipinski definition) is 6. The number of nitrogens with zero attached hydrogens (tertiary/aromatic N) is 3. The molecule has 0 spiro atoms. The molecule has 0 bridgehead atoms. The standard InChI is InChI=1S/C22H21N3O5/c1-14-4-3-5-18(15(14)2)24-21(26)19(16-6-8-17(9-7-16)25(28)29)20(22(24)27)23-10-12-30-13-11-23/h3-9H,10-13H2,1-2H3. The fraction of sp³-hybridized carbons (Fsp3) is 0.273. The third-order valence-corrected chi connectivity index (χ3v) is 5.57. The first-order chi connectivity index (χ1) is 14.4. The fourth-order valence-electron chi connectivity index (χ4n) is 3.81. The van der Waals surface area contributed by atoms with Gasteiger partial charge in [-0.3, -0.25) is 19.7 Å². The molecule has 0 N–H and O–H groups in total. The van der Waals surface area contributed by atoms with Gasteiger partial charge in [-0.2, -0.15) is 0 Å². The fourth-order valence-corrected chi connectivity index (χ4v) is 3.81. The molecule has 0 saturated carbocycles. The van der Waals surface area contributed by atoms with Crippen molar-refractivity contribution in [3.05, 3.63) is 75.0 Å². The van der Waals surface area contributed by atoms with Crippen LogP contribution < -0.4 is 4.90 Å². The summed E-state index contributed by atoms with van der Waals surface area (Å²) in [7, 11) is 0. The Hall–Kier alpha value is -3.52. The maximum atomic E-state index is 13.5. The molecule has 2 heterocycles. The second-order valence-electron chi connectivity index (χ2n) is 7.29. The van der Waals surface area contributed by atoms with E-state index in [0.717, 1.165) is 11.1 Å². The first-order valence-electron chi connectivity index (χ1n) is 9.67. The summed E-state index contributed by atoms with van der Waals surface area (Å²) >= 11 is 0. The van der Waals surface area contributed by atoms with Crippen LogP contribution in [0.3, 0.4) is 0 Å². The van der Waals surface area contributed by atoms with Crippen LogP contribution in [0.4, 0.5) is 11.4 Å². The van der Waals surface area contributed by atoms with Gasteiger partial charge in [0.2, 0.25) is 0 Å². The number of hydrogen-bond donors (Lipinski definition) is 0. The van der Waals surface area contributed by atoms with E-state index >= 15 is 0 Å². The minimum atomic E-state index is -0.495. The van der Waals surface area contributed by atoms with Crippen LogP contribution in [0, 0.1) is 24.0 Å². The van der Waals surface area contributed by atoms with Crippen molar-refractivity contribution >= 4 is 28.8 Å². The highest BCUT2D eigenvalue weighted by molar-refractivity contribution is 6.45. The number of imide groups is 1. The number of nitro groups is 1. The summed E-state index contributed by atoms with van der Waals surface area (Å²) in [5, 5.41) is 11.0. The van der Waals surface area contributed by atoms with Crippen LogP contribution in [-0.4, -0.2) is 47.9 Å². The summed E-state index contributed by atoms with van der Waals surface area (Å²) in [6, 6.07) is 11.2. The smallest absolute Gasteiger partial charge is 0.282 e. The quantitative estimate of drug-likeness (QED) is 0.440. The number of aryl methyl sites for hydroxylation is 1. The van der Waals surface area contributed by atoms with E-state index < -0.39 is 10.8 Å². The molecular formula is C22H21N3O5. The third-order valence-electron chi connectivity index (χ3n) is 5.57. The average Bonchev–Trinajstić information content (AvgIpc) is 3.01. The van der Waals surface area contributed by atoms with Gasteiger partial charge in [0.05, 0.1) is 29.4 Å². The predicted molar refractivity (Wildman–Crippen MR) is 111 cm³/mol. The highest BCUT2D eigenvalue weighted by Gasteiger charge is 2.43. The lowest BCUT2D eigenvalue weighted by molar-refractivity contribution is -0.384. The average molecular weight is 407 g/mol. The number of ether oxygens (including phenoxy) is 1. The molecule has 8 heteroatoms. The second kappa shape index (κ2) is 7.72. The number of nitro benzene ring substituents is 1. The van der Waals surface area contributed by atoms with Crippen molar-refractivity contribution in [2.24, 2.45) is 0 Å². The first-order valence-corrected chi connectivity index (χ1v) is 9.67. The maximum Gasteiger partial charge on any atom is 0.282 e. The van der Waals surface area contributed by atoms with Crippen LogP contribution in [0.2, 0.25) is 0 Å². The molecule has 30 heavy (non-hydrogen) atoms. The monoisotopic (exact) mass is 407 g/mol. The summed E-state index contributed by atoms with van der Waals surface area (Å²) in [4.78, 5) is 40.6. The zero-order valence-electron chi connectivity index (χ0n) is 16.8. The Morgan fingerprint density at radius 3 is 2.27 bits per heavy atom. The normalized spacial score (nSPS) is 17.1.